The molecule has 39 heavy (non-hydrogen) atoms. The molecular weight excluding hydrogens is 531 g/mol. The van der Waals surface area contributed by atoms with Gasteiger partial charge in [0, 0.05) is 30.9 Å². The molecule has 0 atom stereocenters. The summed E-state index contributed by atoms with van der Waals surface area (Å²) >= 11 is 6.21. The normalized spacial score (nSPS) is 13.8. The summed E-state index contributed by atoms with van der Waals surface area (Å²) in [5.74, 6) is -0.606. The summed E-state index contributed by atoms with van der Waals surface area (Å²) in [5.41, 5.74) is 3.31. The van der Waals surface area contributed by atoms with Gasteiger partial charge in [-0.2, -0.15) is 5.26 Å². The van der Waals surface area contributed by atoms with Crippen molar-refractivity contribution in [1.29, 1.82) is 5.26 Å². The van der Waals surface area contributed by atoms with E-state index in [1.165, 1.54) is 24.3 Å². The summed E-state index contributed by atoms with van der Waals surface area (Å²) in [6.07, 6.45) is -2.44. The predicted molar refractivity (Wildman–Crippen MR) is 141 cm³/mol. The second-order valence-electron chi connectivity index (χ2n) is 9.27. The van der Waals surface area contributed by atoms with E-state index in [0.29, 0.717) is 29.2 Å². The van der Waals surface area contributed by atoms with E-state index in [1.54, 1.807) is 30.2 Å². The van der Waals surface area contributed by atoms with Crippen LogP contribution in [0.1, 0.15) is 39.9 Å². The van der Waals surface area contributed by atoms with E-state index in [-0.39, 0.29) is 30.3 Å². The van der Waals surface area contributed by atoms with Crippen molar-refractivity contribution in [1.82, 2.24) is 4.90 Å². The second kappa shape index (κ2) is 12.0. The number of nitrogens with one attached hydrogen (secondary N) is 1. The van der Waals surface area contributed by atoms with Gasteiger partial charge in [0.1, 0.15) is 12.3 Å². The lowest BCUT2D eigenvalue weighted by Gasteiger charge is -2.25. The molecule has 0 unspecified atom stereocenters. The maximum absolute atomic E-state index is 13.8. The third kappa shape index (κ3) is 7.43. The lowest BCUT2D eigenvalue weighted by atomic mass is 10.0. The summed E-state index contributed by atoms with van der Waals surface area (Å²) in [6.45, 7) is 0.585. The topological polar surface area (TPSA) is 74.6 Å². The summed E-state index contributed by atoms with van der Waals surface area (Å²) in [4.78, 5) is 15.4. The number of nitriles is 1. The van der Waals surface area contributed by atoms with Crippen molar-refractivity contribution in [3.63, 3.8) is 0 Å². The number of carbonyl (C=O) groups excluding carboxylic acids is 1. The van der Waals surface area contributed by atoms with Gasteiger partial charge in [-0.3, -0.25) is 4.79 Å². The molecule has 0 saturated heterocycles. The minimum atomic E-state index is -4.77. The fraction of sp³-hybridized carbons (Fsp3) is 0.310. The number of ether oxygens (including phenoxy) is 2. The molecule has 1 aliphatic carbocycles. The van der Waals surface area contributed by atoms with Crippen molar-refractivity contribution in [3.05, 3.63) is 94.0 Å². The van der Waals surface area contributed by atoms with Crippen LogP contribution in [-0.4, -0.2) is 37.4 Å². The van der Waals surface area contributed by atoms with Gasteiger partial charge in [0.2, 0.25) is 0 Å². The Morgan fingerprint density at radius 1 is 1.08 bits per heavy atom. The van der Waals surface area contributed by atoms with Crippen molar-refractivity contribution in [3.8, 4) is 11.8 Å². The molecule has 204 valence electrons. The van der Waals surface area contributed by atoms with Crippen LogP contribution in [0, 0.1) is 11.3 Å². The van der Waals surface area contributed by atoms with Crippen LogP contribution in [0.5, 0.6) is 5.75 Å². The largest absolute Gasteiger partial charge is 0.573 e. The number of anilines is 1. The van der Waals surface area contributed by atoms with Crippen LogP contribution in [-0.2, 0) is 23.3 Å². The van der Waals surface area contributed by atoms with E-state index in [2.05, 4.69) is 10.1 Å². The molecule has 1 N–H and O–H groups in total. The molecule has 0 heterocycles. The van der Waals surface area contributed by atoms with Crippen LogP contribution in [0.4, 0.5) is 18.9 Å². The number of hydrogen-bond acceptors (Lipinski definition) is 5. The van der Waals surface area contributed by atoms with Crippen molar-refractivity contribution < 1.29 is 27.4 Å². The highest BCUT2D eigenvalue weighted by Gasteiger charge is 2.44. The lowest BCUT2D eigenvalue weighted by Crippen LogP contribution is -2.33. The van der Waals surface area contributed by atoms with E-state index < -0.39 is 6.36 Å². The minimum Gasteiger partial charge on any atom is -0.406 e. The number of rotatable bonds is 11. The van der Waals surface area contributed by atoms with Crippen molar-refractivity contribution in [2.24, 2.45) is 0 Å². The van der Waals surface area contributed by atoms with Crippen LogP contribution in [0.25, 0.3) is 0 Å². The Morgan fingerprint density at radius 3 is 2.33 bits per heavy atom. The lowest BCUT2D eigenvalue weighted by molar-refractivity contribution is -0.274. The first kappa shape index (κ1) is 28.3. The Morgan fingerprint density at radius 2 is 1.74 bits per heavy atom. The fourth-order valence-corrected chi connectivity index (χ4v) is 4.56. The molecule has 1 fully saturated rings. The first-order valence-electron chi connectivity index (χ1n) is 12.3. The second-order valence-corrected chi connectivity index (χ2v) is 9.70. The number of alkyl halides is 3. The van der Waals surface area contributed by atoms with Gasteiger partial charge in [-0.15, -0.1) is 13.2 Å². The Hall–Kier alpha value is -3.74. The number of carbonyl (C=O) groups is 1. The third-order valence-electron chi connectivity index (χ3n) is 6.63. The van der Waals surface area contributed by atoms with E-state index in [0.717, 1.165) is 29.5 Å². The molecule has 1 amide bonds. The molecule has 3 aromatic carbocycles. The summed E-state index contributed by atoms with van der Waals surface area (Å²) in [5, 5.41) is 12.3. The maximum atomic E-state index is 13.8. The molecule has 0 aromatic heterocycles. The zero-order chi connectivity index (χ0) is 28.0. The van der Waals surface area contributed by atoms with Crippen molar-refractivity contribution in [2.45, 2.75) is 37.8 Å². The van der Waals surface area contributed by atoms with Gasteiger partial charge in [-0.25, -0.2) is 0 Å². The van der Waals surface area contributed by atoms with Gasteiger partial charge in [-0.1, -0.05) is 48.0 Å². The molecule has 10 heteroatoms. The van der Waals surface area contributed by atoms with Gasteiger partial charge < -0.3 is 19.7 Å². The van der Waals surface area contributed by atoms with Crippen LogP contribution < -0.4 is 10.1 Å². The van der Waals surface area contributed by atoms with Crippen LogP contribution in [0.2, 0.25) is 5.02 Å². The number of nitrogens with zero attached hydrogens (tertiary/aromatic N) is 2. The van der Waals surface area contributed by atoms with E-state index in [4.69, 9.17) is 21.6 Å². The monoisotopic (exact) mass is 557 g/mol. The van der Waals surface area contributed by atoms with Gasteiger partial charge in [0.15, 0.2) is 0 Å². The van der Waals surface area contributed by atoms with Crippen LogP contribution in [0.3, 0.4) is 0 Å². The molecule has 1 aliphatic rings. The van der Waals surface area contributed by atoms with Crippen LogP contribution in [0.15, 0.2) is 66.7 Å². The average Bonchev–Trinajstić information content (AvgIpc) is 3.72. The Balaban J connectivity index is 1.56. The number of hydrogen-bond donors (Lipinski definition) is 1. The minimum absolute atomic E-state index is 0.0109. The molecule has 0 spiro atoms. The highest BCUT2D eigenvalue weighted by Crippen LogP contribution is 2.48. The van der Waals surface area contributed by atoms with Gasteiger partial charge in [-0.05, 0) is 66.3 Å². The van der Waals surface area contributed by atoms with E-state index in [9.17, 15) is 18.0 Å². The summed E-state index contributed by atoms with van der Waals surface area (Å²) < 4.78 is 47.1. The molecule has 6 nitrogen and oxygen atoms in total. The average molecular weight is 558 g/mol. The van der Waals surface area contributed by atoms with Gasteiger partial charge in [0.05, 0.1) is 17.2 Å². The highest BCUT2D eigenvalue weighted by atomic mass is 35.5. The quantitative estimate of drug-likeness (QED) is 0.266. The van der Waals surface area contributed by atoms with Crippen molar-refractivity contribution >= 4 is 23.2 Å². The molecule has 0 bridgehead atoms. The number of benzene rings is 3. The summed E-state index contributed by atoms with van der Waals surface area (Å²) in [6, 6.07) is 20.4. The first-order chi connectivity index (χ1) is 18.6. The number of halogens is 4. The Kier molecular flexibility index (Phi) is 8.68. The fourth-order valence-electron chi connectivity index (χ4n) is 4.39. The molecule has 3 aromatic rings. The standard InChI is InChI=1S/C29H27ClF3N3O3/c1-38-28(13-14-28)22-6-2-21(3-7-22)19-36(17-12-20-4-9-24(10-5-20)39-29(31,32)33)27(37)25-18-23(30)8-11-26(25)35-16-15-34/h2-11,18,35H,12-14,16-17,19H2,1H3. The SMILES string of the molecule is COC1(c2ccc(CN(CCc3ccc(OC(F)(F)F)cc3)C(=O)c3cc(Cl)ccc3NCC#N)cc2)CC1. The smallest absolute Gasteiger partial charge is 0.406 e. The number of amides is 1. The molecule has 4 rings (SSSR count). The van der Waals surface area contributed by atoms with Crippen LogP contribution >= 0.6 is 11.6 Å². The maximum Gasteiger partial charge on any atom is 0.573 e. The van der Waals surface area contributed by atoms with E-state index >= 15 is 0 Å². The zero-order valence-corrected chi connectivity index (χ0v) is 22.0. The van der Waals surface area contributed by atoms with E-state index in [1.807, 2.05) is 30.3 Å². The molecule has 1 saturated carbocycles. The van der Waals surface area contributed by atoms with Crippen molar-refractivity contribution in [2.75, 3.05) is 25.5 Å². The third-order valence-corrected chi connectivity index (χ3v) is 6.87. The predicted octanol–water partition coefficient (Wildman–Crippen LogP) is 6.69. The Bertz CT molecular complexity index is 1340. The zero-order valence-electron chi connectivity index (χ0n) is 21.2. The molecule has 0 aliphatic heterocycles. The molecule has 0 radical (unpaired) electrons. The van der Waals surface area contributed by atoms with Gasteiger partial charge >= 0.3 is 6.36 Å². The summed E-state index contributed by atoms with van der Waals surface area (Å²) in [7, 11) is 1.70. The Labute approximate surface area is 229 Å². The number of methoxy groups -OCH3 is 1. The van der Waals surface area contributed by atoms with Gasteiger partial charge in [0.25, 0.3) is 5.91 Å². The molecular formula is C29H27ClF3N3O3. The first-order valence-corrected chi connectivity index (χ1v) is 12.7. The highest BCUT2D eigenvalue weighted by molar-refractivity contribution is 6.31.